The van der Waals surface area contributed by atoms with Gasteiger partial charge in [0.25, 0.3) is 5.69 Å². The number of amides is 1. The van der Waals surface area contributed by atoms with E-state index in [9.17, 15) is 19.7 Å². The number of non-ortho nitro benzene ring substituents is 1. The average molecular weight is 547 g/mol. The van der Waals surface area contributed by atoms with Gasteiger partial charge in [0.1, 0.15) is 19.0 Å². The second-order valence-electron chi connectivity index (χ2n) is 7.35. The second kappa shape index (κ2) is 22.3. The molecule has 37 heavy (non-hydrogen) atoms. The van der Waals surface area contributed by atoms with E-state index in [1.807, 2.05) is 0 Å². The van der Waals surface area contributed by atoms with E-state index in [0.717, 1.165) is 25.7 Å². The number of carbonyl (C=O) groups is 2. The Balaban J connectivity index is 1.88. The summed E-state index contributed by atoms with van der Waals surface area (Å²) < 4.78 is 30.8. The van der Waals surface area contributed by atoms with Crippen molar-refractivity contribution in [1.82, 2.24) is 5.32 Å². The largest absolute Gasteiger partial charge is 0.514 e. The molecular formula is C24H35ClN2O10. The van der Waals surface area contributed by atoms with Crippen LogP contribution in [0.25, 0.3) is 0 Å². The summed E-state index contributed by atoms with van der Waals surface area (Å²) in [5.74, 6) is 0.836. The number of unbranched alkanes of at least 4 members (excludes halogenated alkanes) is 3. The molecule has 0 atom stereocenters. The van der Waals surface area contributed by atoms with Crippen LogP contribution in [0.15, 0.2) is 36.4 Å². The van der Waals surface area contributed by atoms with Crippen molar-refractivity contribution in [3.63, 3.8) is 0 Å². The first kappa shape index (κ1) is 32.1. The number of benzene rings is 1. The molecule has 0 heterocycles. The quantitative estimate of drug-likeness (QED) is 0.0452. The number of hydrogen-bond donors (Lipinski definition) is 1. The van der Waals surface area contributed by atoms with Gasteiger partial charge in [-0.3, -0.25) is 10.1 Å². The molecule has 13 heteroatoms. The first-order valence-electron chi connectivity index (χ1n) is 12.0. The van der Waals surface area contributed by atoms with Gasteiger partial charge in [0.15, 0.2) is 0 Å². The van der Waals surface area contributed by atoms with Crippen LogP contribution in [0.3, 0.4) is 0 Å². The lowest BCUT2D eigenvalue weighted by molar-refractivity contribution is -0.384. The Morgan fingerprint density at radius 2 is 1.51 bits per heavy atom. The van der Waals surface area contributed by atoms with Gasteiger partial charge in [-0.05, 0) is 31.1 Å². The molecule has 1 amide bonds. The van der Waals surface area contributed by atoms with E-state index in [1.165, 1.54) is 24.3 Å². The Labute approximate surface area is 221 Å². The Bertz CT molecular complexity index is 792. The number of nitro benzene ring substituents is 1. The molecule has 12 nitrogen and oxygen atoms in total. The van der Waals surface area contributed by atoms with Crippen LogP contribution < -0.4 is 10.1 Å². The highest BCUT2D eigenvalue weighted by Gasteiger charge is 2.08. The lowest BCUT2D eigenvalue weighted by Gasteiger charge is -2.08. The molecule has 0 saturated carbocycles. The summed E-state index contributed by atoms with van der Waals surface area (Å²) >= 11 is 5.62. The van der Waals surface area contributed by atoms with Crippen LogP contribution in [0.5, 0.6) is 5.75 Å². The maximum absolute atomic E-state index is 11.6. The molecule has 1 aromatic rings. The average Bonchev–Trinajstić information content (AvgIpc) is 2.88. The Kier molecular flexibility index (Phi) is 19.3. The zero-order chi connectivity index (χ0) is 27.0. The fourth-order valence-electron chi connectivity index (χ4n) is 2.61. The highest BCUT2D eigenvalue weighted by Crippen LogP contribution is 2.17. The SMILES string of the molecule is O=C(NCCOCCOCCCCCCCl)OCCOC/C=C\COC(=O)Oc1ccc([N+](=O)[O-])cc1. The number of carbonyl (C=O) groups excluding carboxylic acids is 2. The van der Waals surface area contributed by atoms with Crippen molar-refractivity contribution in [3.05, 3.63) is 46.5 Å². The number of nitrogens with zero attached hydrogens (tertiary/aromatic N) is 1. The molecule has 0 bridgehead atoms. The molecule has 0 fully saturated rings. The van der Waals surface area contributed by atoms with Crippen molar-refractivity contribution >= 4 is 29.5 Å². The predicted octanol–water partition coefficient (Wildman–Crippen LogP) is 4.24. The molecule has 0 saturated heterocycles. The van der Waals surface area contributed by atoms with E-state index in [4.69, 9.17) is 40.0 Å². The molecule has 0 spiro atoms. The maximum atomic E-state index is 11.6. The molecule has 1 rings (SSSR count). The van der Waals surface area contributed by atoms with Gasteiger partial charge < -0.3 is 33.7 Å². The van der Waals surface area contributed by atoms with Gasteiger partial charge in [-0.2, -0.15) is 0 Å². The van der Waals surface area contributed by atoms with Crippen molar-refractivity contribution in [1.29, 1.82) is 0 Å². The molecule has 0 aliphatic rings. The van der Waals surface area contributed by atoms with Crippen LogP contribution in [-0.2, 0) is 23.7 Å². The third-order valence-electron chi connectivity index (χ3n) is 4.45. The minimum atomic E-state index is -0.943. The van der Waals surface area contributed by atoms with E-state index in [0.29, 0.717) is 38.9 Å². The van der Waals surface area contributed by atoms with Crippen molar-refractivity contribution in [2.75, 3.05) is 65.3 Å². The van der Waals surface area contributed by atoms with Crippen LogP contribution in [-0.4, -0.2) is 82.5 Å². The van der Waals surface area contributed by atoms with E-state index >= 15 is 0 Å². The number of hydrogen-bond acceptors (Lipinski definition) is 10. The van der Waals surface area contributed by atoms with Gasteiger partial charge in [-0.25, -0.2) is 9.59 Å². The third-order valence-corrected chi connectivity index (χ3v) is 4.72. The number of halogens is 1. The lowest BCUT2D eigenvalue weighted by atomic mass is 10.2. The van der Waals surface area contributed by atoms with E-state index in [1.54, 1.807) is 12.2 Å². The van der Waals surface area contributed by atoms with Crippen molar-refractivity contribution in [2.45, 2.75) is 25.7 Å². The molecule has 1 N–H and O–H groups in total. The molecule has 0 aliphatic heterocycles. The normalized spacial score (nSPS) is 10.8. The van der Waals surface area contributed by atoms with Gasteiger partial charge >= 0.3 is 12.2 Å². The minimum Gasteiger partial charge on any atom is -0.447 e. The minimum absolute atomic E-state index is 0.0443. The number of nitrogens with one attached hydrogen (secondary N) is 1. The topological polar surface area (TPSA) is 145 Å². The summed E-state index contributed by atoms with van der Waals surface area (Å²) in [6.07, 6.45) is 5.98. The zero-order valence-corrected chi connectivity index (χ0v) is 21.5. The smallest absolute Gasteiger partial charge is 0.447 e. The number of nitro groups is 1. The Morgan fingerprint density at radius 3 is 2.24 bits per heavy atom. The molecule has 208 valence electrons. The van der Waals surface area contributed by atoms with Crippen molar-refractivity contribution < 1.29 is 42.9 Å². The molecule has 0 unspecified atom stereocenters. The molecule has 0 aromatic heterocycles. The van der Waals surface area contributed by atoms with Crippen LogP contribution in [0.4, 0.5) is 15.3 Å². The van der Waals surface area contributed by atoms with E-state index in [2.05, 4.69) is 5.32 Å². The number of alkyl carbamates (subject to hydrolysis) is 1. The monoisotopic (exact) mass is 546 g/mol. The first-order chi connectivity index (χ1) is 18.0. The Morgan fingerprint density at radius 1 is 0.838 bits per heavy atom. The van der Waals surface area contributed by atoms with Gasteiger partial charge in [-0.1, -0.05) is 18.9 Å². The lowest BCUT2D eigenvalue weighted by Crippen LogP contribution is -2.29. The fraction of sp³-hybridized carbons (Fsp3) is 0.583. The fourth-order valence-corrected chi connectivity index (χ4v) is 2.80. The van der Waals surface area contributed by atoms with E-state index in [-0.39, 0.29) is 37.9 Å². The predicted molar refractivity (Wildman–Crippen MR) is 135 cm³/mol. The van der Waals surface area contributed by atoms with Gasteiger partial charge in [0, 0.05) is 31.2 Å². The zero-order valence-electron chi connectivity index (χ0n) is 20.8. The number of ether oxygens (including phenoxy) is 6. The molecule has 1 aromatic carbocycles. The maximum Gasteiger partial charge on any atom is 0.514 e. The summed E-state index contributed by atoms with van der Waals surface area (Å²) in [5.41, 5.74) is -0.114. The van der Waals surface area contributed by atoms with Crippen molar-refractivity contribution in [2.24, 2.45) is 0 Å². The van der Waals surface area contributed by atoms with Crippen molar-refractivity contribution in [3.8, 4) is 5.75 Å². The highest BCUT2D eigenvalue weighted by molar-refractivity contribution is 6.17. The first-order valence-corrected chi connectivity index (χ1v) is 12.5. The highest BCUT2D eigenvalue weighted by atomic mass is 35.5. The molecule has 0 aliphatic carbocycles. The van der Waals surface area contributed by atoms with Crippen LogP contribution in [0.1, 0.15) is 25.7 Å². The standard InChI is InChI=1S/C24H35ClN2O10/c25-11-3-1-2-4-13-32-17-18-34-16-12-26-23(28)35-20-19-33-14-5-6-15-36-24(29)37-22-9-7-21(8-10-22)27(30)31/h5-10H,1-4,11-20H2,(H,26,28)/b6-5-. The number of alkyl halides is 1. The molecule has 0 radical (unpaired) electrons. The number of rotatable bonds is 21. The Hall–Kier alpha value is -2.93. The summed E-state index contributed by atoms with van der Waals surface area (Å²) in [6.45, 7) is 2.84. The summed E-state index contributed by atoms with van der Waals surface area (Å²) in [6, 6.07) is 5.03. The second-order valence-corrected chi connectivity index (χ2v) is 7.73. The summed E-state index contributed by atoms with van der Waals surface area (Å²) in [5, 5.41) is 13.2. The summed E-state index contributed by atoms with van der Waals surface area (Å²) in [4.78, 5) is 33.1. The summed E-state index contributed by atoms with van der Waals surface area (Å²) in [7, 11) is 0. The molecular weight excluding hydrogens is 512 g/mol. The van der Waals surface area contributed by atoms with Crippen LogP contribution in [0, 0.1) is 10.1 Å². The van der Waals surface area contributed by atoms with Gasteiger partial charge in [-0.15, -0.1) is 11.6 Å². The van der Waals surface area contributed by atoms with Gasteiger partial charge in [0.2, 0.25) is 0 Å². The van der Waals surface area contributed by atoms with E-state index < -0.39 is 17.2 Å². The van der Waals surface area contributed by atoms with Gasteiger partial charge in [0.05, 0.1) is 38.0 Å². The third kappa shape index (κ3) is 18.9. The van der Waals surface area contributed by atoms with Crippen LogP contribution in [0.2, 0.25) is 0 Å². The van der Waals surface area contributed by atoms with Crippen LogP contribution >= 0.6 is 11.6 Å².